The minimum atomic E-state index is -1.40. The fourth-order valence-corrected chi connectivity index (χ4v) is 2.62. The number of hydrogen-bond acceptors (Lipinski definition) is 4. The van der Waals surface area contributed by atoms with E-state index in [9.17, 15) is 13.8 Å². The summed E-state index contributed by atoms with van der Waals surface area (Å²) < 4.78 is 16.8. The average Bonchev–Trinajstić information content (AvgIpc) is 2.78. The van der Waals surface area contributed by atoms with Crippen LogP contribution in [0.15, 0.2) is 16.5 Å². The van der Waals surface area contributed by atoms with Crippen molar-refractivity contribution in [2.45, 2.75) is 19.6 Å². The van der Waals surface area contributed by atoms with E-state index in [0.29, 0.717) is 18.8 Å². The normalized spacial score (nSPS) is 12.1. The van der Waals surface area contributed by atoms with Crippen LogP contribution in [0.3, 0.4) is 0 Å². The smallest absolute Gasteiger partial charge is 0.371 e. The average molecular weight is 287 g/mol. The fourth-order valence-electron chi connectivity index (χ4n) is 1.59. The Morgan fingerprint density at radius 2 is 1.95 bits per heavy atom. The number of nitrogens with zero attached hydrogens (tertiary/aromatic N) is 1. The highest BCUT2D eigenvalue weighted by Gasteiger charge is 2.16. The van der Waals surface area contributed by atoms with Gasteiger partial charge < -0.3 is 14.4 Å². The Morgan fingerprint density at radius 3 is 2.42 bits per heavy atom. The second kappa shape index (κ2) is 7.08. The van der Waals surface area contributed by atoms with Gasteiger partial charge in [-0.2, -0.15) is 0 Å². The van der Waals surface area contributed by atoms with Crippen molar-refractivity contribution < 1.29 is 23.3 Å². The van der Waals surface area contributed by atoms with Crippen molar-refractivity contribution in [3.05, 3.63) is 23.7 Å². The van der Waals surface area contributed by atoms with Crippen molar-refractivity contribution in [3.63, 3.8) is 0 Å². The molecule has 0 saturated carbocycles. The van der Waals surface area contributed by atoms with Gasteiger partial charge in [0, 0.05) is 23.9 Å². The number of aromatic carboxylic acids is 1. The van der Waals surface area contributed by atoms with Gasteiger partial charge in [0.25, 0.3) is 0 Å². The molecule has 1 heterocycles. The van der Waals surface area contributed by atoms with Crippen LogP contribution in [0.25, 0.3) is 0 Å². The van der Waals surface area contributed by atoms with E-state index >= 15 is 0 Å². The minimum Gasteiger partial charge on any atom is -0.475 e. The predicted molar refractivity (Wildman–Crippen MR) is 70.3 cm³/mol. The highest BCUT2D eigenvalue weighted by atomic mass is 32.2. The van der Waals surface area contributed by atoms with E-state index in [1.54, 1.807) is 4.90 Å². The number of hydrogen-bond donors (Lipinski definition) is 1. The Balaban J connectivity index is 2.55. The van der Waals surface area contributed by atoms with Gasteiger partial charge in [-0.1, -0.05) is 0 Å². The third-order valence-electron chi connectivity index (χ3n) is 2.58. The SMILES string of the molecule is CCN(CC)C(=O)CS(=O)Cc1ccc(C(=O)O)o1. The summed E-state index contributed by atoms with van der Waals surface area (Å²) >= 11 is 0. The van der Waals surface area contributed by atoms with Gasteiger partial charge in [-0.05, 0) is 26.0 Å². The molecule has 0 fully saturated rings. The van der Waals surface area contributed by atoms with Crippen molar-refractivity contribution in [1.82, 2.24) is 4.90 Å². The van der Waals surface area contributed by atoms with Gasteiger partial charge in [0.2, 0.25) is 11.7 Å². The highest BCUT2D eigenvalue weighted by molar-refractivity contribution is 7.84. The van der Waals surface area contributed by atoms with Crippen LogP contribution in [-0.2, 0) is 21.3 Å². The first-order chi connectivity index (χ1) is 8.97. The molecule has 6 nitrogen and oxygen atoms in total. The molecule has 0 aliphatic carbocycles. The van der Waals surface area contributed by atoms with Crippen molar-refractivity contribution in [2.75, 3.05) is 18.8 Å². The maximum atomic E-state index is 11.8. The molecule has 106 valence electrons. The van der Waals surface area contributed by atoms with Crippen molar-refractivity contribution in [3.8, 4) is 0 Å². The van der Waals surface area contributed by atoms with Crippen LogP contribution in [0.2, 0.25) is 0 Å². The van der Waals surface area contributed by atoms with Gasteiger partial charge >= 0.3 is 5.97 Å². The van der Waals surface area contributed by atoms with Crippen molar-refractivity contribution in [2.24, 2.45) is 0 Å². The second-order valence-corrected chi connectivity index (χ2v) is 5.32. The predicted octanol–water partition coefficient (Wildman–Crippen LogP) is 1.09. The standard InChI is InChI=1S/C12H17NO5S/c1-3-13(4-2)11(14)8-19(17)7-9-5-6-10(18-9)12(15)16/h5-6H,3-4,7-8H2,1-2H3,(H,15,16). The molecule has 1 N–H and O–H groups in total. The van der Waals surface area contributed by atoms with Gasteiger partial charge in [0.15, 0.2) is 0 Å². The number of amides is 1. The van der Waals surface area contributed by atoms with Crippen LogP contribution in [0.5, 0.6) is 0 Å². The van der Waals surface area contributed by atoms with Gasteiger partial charge in [-0.25, -0.2) is 4.79 Å². The number of rotatable bonds is 7. The Hall–Kier alpha value is -1.63. The lowest BCUT2D eigenvalue weighted by atomic mass is 10.4. The van der Waals surface area contributed by atoms with Gasteiger partial charge in [0.05, 0.1) is 5.75 Å². The second-order valence-electron chi connectivity index (χ2n) is 3.87. The number of carboxylic acid groups (broad SMARTS) is 1. The molecule has 0 saturated heterocycles. The summed E-state index contributed by atoms with van der Waals surface area (Å²) in [4.78, 5) is 23.9. The maximum Gasteiger partial charge on any atom is 0.371 e. The first-order valence-electron chi connectivity index (χ1n) is 5.92. The summed E-state index contributed by atoms with van der Waals surface area (Å²) in [6.45, 7) is 4.87. The zero-order valence-corrected chi connectivity index (χ0v) is 11.7. The molecule has 0 aliphatic rings. The summed E-state index contributed by atoms with van der Waals surface area (Å²) in [5.41, 5.74) is 0. The summed E-state index contributed by atoms with van der Waals surface area (Å²) in [6.07, 6.45) is 0. The van der Waals surface area contributed by atoms with E-state index in [2.05, 4.69) is 0 Å². The van der Waals surface area contributed by atoms with Crippen LogP contribution in [0.1, 0.15) is 30.2 Å². The molecule has 1 atom stereocenters. The number of carbonyl (C=O) groups is 2. The first-order valence-corrected chi connectivity index (χ1v) is 7.41. The molecule has 0 bridgehead atoms. The lowest BCUT2D eigenvalue weighted by Gasteiger charge is -2.17. The molecule has 1 unspecified atom stereocenters. The Morgan fingerprint density at radius 1 is 1.32 bits per heavy atom. The molecule has 1 rings (SSSR count). The highest BCUT2D eigenvalue weighted by Crippen LogP contribution is 2.10. The zero-order chi connectivity index (χ0) is 14.4. The molecule has 1 aromatic heterocycles. The molecule has 1 amide bonds. The van der Waals surface area contributed by atoms with E-state index in [0.717, 1.165) is 0 Å². The first kappa shape index (κ1) is 15.4. The molecule has 0 aromatic carbocycles. The van der Waals surface area contributed by atoms with Gasteiger partial charge in [-0.15, -0.1) is 0 Å². The zero-order valence-electron chi connectivity index (χ0n) is 10.9. The molecular weight excluding hydrogens is 270 g/mol. The lowest BCUT2D eigenvalue weighted by molar-refractivity contribution is -0.128. The monoisotopic (exact) mass is 287 g/mol. The maximum absolute atomic E-state index is 11.8. The third kappa shape index (κ3) is 4.51. The molecule has 7 heteroatoms. The Labute approximate surface area is 113 Å². The Kier molecular flexibility index (Phi) is 5.75. The van der Waals surface area contributed by atoms with E-state index < -0.39 is 16.8 Å². The van der Waals surface area contributed by atoms with E-state index in [-0.39, 0.29) is 23.2 Å². The van der Waals surface area contributed by atoms with Crippen LogP contribution in [0.4, 0.5) is 0 Å². The summed E-state index contributed by atoms with van der Waals surface area (Å²) in [5.74, 6) is -1.26. The van der Waals surface area contributed by atoms with Crippen LogP contribution >= 0.6 is 0 Å². The molecule has 0 radical (unpaired) electrons. The minimum absolute atomic E-state index is 0.0420. The van der Waals surface area contributed by atoms with Gasteiger partial charge in [-0.3, -0.25) is 9.00 Å². The summed E-state index contributed by atoms with van der Waals surface area (Å²) in [7, 11) is -1.40. The topological polar surface area (TPSA) is 87.8 Å². The van der Waals surface area contributed by atoms with E-state index in [1.165, 1.54) is 12.1 Å². The Bertz CT molecular complexity index is 478. The van der Waals surface area contributed by atoms with Crippen LogP contribution < -0.4 is 0 Å². The quantitative estimate of drug-likeness (QED) is 0.811. The van der Waals surface area contributed by atoms with Crippen molar-refractivity contribution >= 4 is 22.7 Å². The van der Waals surface area contributed by atoms with Crippen molar-refractivity contribution in [1.29, 1.82) is 0 Å². The fraction of sp³-hybridized carbons (Fsp3) is 0.500. The summed E-state index contributed by atoms with van der Waals surface area (Å²) in [6, 6.07) is 2.77. The lowest BCUT2D eigenvalue weighted by Crippen LogP contribution is -2.34. The number of carboxylic acids is 1. The summed E-state index contributed by atoms with van der Waals surface area (Å²) in [5, 5.41) is 8.68. The molecular formula is C12H17NO5S. The van der Waals surface area contributed by atoms with Crippen LogP contribution in [0, 0.1) is 0 Å². The third-order valence-corrected chi connectivity index (χ3v) is 3.75. The van der Waals surface area contributed by atoms with E-state index in [4.69, 9.17) is 9.52 Å². The van der Waals surface area contributed by atoms with E-state index in [1.807, 2.05) is 13.8 Å². The van der Waals surface area contributed by atoms with Crippen LogP contribution in [-0.4, -0.2) is 44.9 Å². The molecule has 19 heavy (non-hydrogen) atoms. The molecule has 0 aliphatic heterocycles. The molecule has 0 spiro atoms. The largest absolute Gasteiger partial charge is 0.475 e. The molecule has 1 aromatic rings. The number of carbonyl (C=O) groups excluding carboxylic acids is 1. The van der Waals surface area contributed by atoms with Gasteiger partial charge in [0.1, 0.15) is 11.5 Å². The number of furan rings is 1.